The molecule has 0 heterocycles. The van der Waals surface area contributed by atoms with E-state index in [4.69, 9.17) is 17.3 Å². The Morgan fingerprint density at radius 2 is 1.95 bits per heavy atom. The van der Waals surface area contributed by atoms with Crippen molar-refractivity contribution < 1.29 is 0 Å². The molecule has 0 saturated carbocycles. The first kappa shape index (κ1) is 15.4. The molecule has 0 radical (unpaired) electrons. The van der Waals surface area contributed by atoms with E-state index in [9.17, 15) is 0 Å². The van der Waals surface area contributed by atoms with Crippen LogP contribution in [0, 0.1) is 6.92 Å². The summed E-state index contributed by atoms with van der Waals surface area (Å²) in [6.07, 6.45) is 0.815. The molecule has 0 aromatic heterocycles. The van der Waals surface area contributed by atoms with Gasteiger partial charge in [0.2, 0.25) is 0 Å². The predicted molar refractivity (Wildman–Crippen MR) is 89.5 cm³/mol. The number of rotatable bonds is 5. The number of hydrogen-bond acceptors (Lipinski definition) is 2. The van der Waals surface area contributed by atoms with Gasteiger partial charge in [0.25, 0.3) is 0 Å². The molecule has 1 atom stereocenters. The number of aryl methyl sites for hydroxylation is 1. The molecular formula is C17H20ClNS. The maximum Gasteiger partial charge on any atom is 0.0449 e. The first-order valence-corrected chi connectivity index (χ1v) is 8.14. The maximum absolute atomic E-state index is 6.31. The standard InChI is InChI=1S/C17H20ClNS/c1-12-5-3-6-14(9-12)11-20-17-8-4-7-16(18)15(17)10-13(2)19/h3-9,13H,10-11,19H2,1-2H3. The topological polar surface area (TPSA) is 26.0 Å². The van der Waals surface area contributed by atoms with E-state index >= 15 is 0 Å². The molecule has 1 unspecified atom stereocenters. The van der Waals surface area contributed by atoms with Crippen molar-refractivity contribution in [3.63, 3.8) is 0 Å². The van der Waals surface area contributed by atoms with Gasteiger partial charge in [0.1, 0.15) is 0 Å². The zero-order valence-electron chi connectivity index (χ0n) is 11.9. The number of halogens is 1. The monoisotopic (exact) mass is 305 g/mol. The zero-order chi connectivity index (χ0) is 14.5. The van der Waals surface area contributed by atoms with Crippen molar-refractivity contribution in [2.75, 3.05) is 0 Å². The average molecular weight is 306 g/mol. The Morgan fingerprint density at radius 1 is 1.20 bits per heavy atom. The number of nitrogens with two attached hydrogens (primary N) is 1. The quantitative estimate of drug-likeness (QED) is 0.801. The molecule has 0 spiro atoms. The Balaban J connectivity index is 2.15. The van der Waals surface area contributed by atoms with Gasteiger partial charge >= 0.3 is 0 Å². The van der Waals surface area contributed by atoms with Crippen molar-refractivity contribution in [1.29, 1.82) is 0 Å². The van der Waals surface area contributed by atoms with E-state index in [1.807, 2.05) is 30.8 Å². The second-order valence-corrected chi connectivity index (χ2v) is 6.60. The minimum atomic E-state index is 0.119. The SMILES string of the molecule is Cc1cccc(CSc2cccc(Cl)c2CC(C)N)c1. The van der Waals surface area contributed by atoms with Crippen LogP contribution in [0.3, 0.4) is 0 Å². The molecule has 20 heavy (non-hydrogen) atoms. The first-order chi connectivity index (χ1) is 9.56. The van der Waals surface area contributed by atoms with Crippen molar-refractivity contribution in [3.8, 4) is 0 Å². The molecule has 2 N–H and O–H groups in total. The highest BCUT2D eigenvalue weighted by Gasteiger charge is 2.10. The number of hydrogen-bond donors (Lipinski definition) is 1. The van der Waals surface area contributed by atoms with E-state index in [0.29, 0.717) is 0 Å². The fraction of sp³-hybridized carbons (Fsp3) is 0.294. The van der Waals surface area contributed by atoms with E-state index in [0.717, 1.165) is 17.2 Å². The largest absolute Gasteiger partial charge is 0.328 e. The summed E-state index contributed by atoms with van der Waals surface area (Å²) < 4.78 is 0. The lowest BCUT2D eigenvalue weighted by molar-refractivity contribution is 0.729. The fourth-order valence-corrected chi connectivity index (χ4v) is 3.51. The summed E-state index contributed by atoms with van der Waals surface area (Å²) in [6.45, 7) is 4.13. The normalized spacial score (nSPS) is 12.4. The Morgan fingerprint density at radius 3 is 2.65 bits per heavy atom. The van der Waals surface area contributed by atoms with Gasteiger partial charge < -0.3 is 5.73 Å². The fourth-order valence-electron chi connectivity index (χ4n) is 2.16. The summed E-state index contributed by atoms with van der Waals surface area (Å²) >= 11 is 8.14. The van der Waals surface area contributed by atoms with Gasteiger partial charge in [-0.25, -0.2) is 0 Å². The van der Waals surface area contributed by atoms with E-state index in [1.165, 1.54) is 21.6 Å². The smallest absolute Gasteiger partial charge is 0.0449 e. The predicted octanol–water partition coefficient (Wildman–Crippen LogP) is 4.83. The van der Waals surface area contributed by atoms with Crippen LogP contribution >= 0.6 is 23.4 Å². The molecule has 2 aromatic carbocycles. The molecule has 3 heteroatoms. The highest BCUT2D eigenvalue weighted by Crippen LogP contribution is 2.31. The van der Waals surface area contributed by atoms with Crippen molar-refractivity contribution in [2.45, 2.75) is 37.0 Å². The van der Waals surface area contributed by atoms with E-state index < -0.39 is 0 Å². The summed E-state index contributed by atoms with van der Waals surface area (Å²) in [5, 5.41) is 0.816. The second-order valence-electron chi connectivity index (χ2n) is 5.18. The third kappa shape index (κ3) is 4.27. The molecule has 0 saturated heterocycles. The minimum Gasteiger partial charge on any atom is -0.328 e. The molecule has 106 valence electrons. The summed E-state index contributed by atoms with van der Waals surface area (Å²) in [5.41, 5.74) is 9.72. The Hall–Kier alpha value is -0.960. The lowest BCUT2D eigenvalue weighted by Crippen LogP contribution is -2.18. The van der Waals surface area contributed by atoms with E-state index in [1.54, 1.807) is 0 Å². The van der Waals surface area contributed by atoms with Gasteiger partial charge in [-0.05, 0) is 43.5 Å². The van der Waals surface area contributed by atoms with Gasteiger partial charge in [0.15, 0.2) is 0 Å². The van der Waals surface area contributed by atoms with E-state index in [-0.39, 0.29) is 6.04 Å². The van der Waals surface area contributed by atoms with Crippen LogP contribution in [-0.4, -0.2) is 6.04 Å². The lowest BCUT2D eigenvalue weighted by atomic mass is 10.1. The van der Waals surface area contributed by atoms with Crippen LogP contribution in [0.25, 0.3) is 0 Å². The molecule has 1 nitrogen and oxygen atoms in total. The zero-order valence-corrected chi connectivity index (χ0v) is 13.5. The summed E-state index contributed by atoms with van der Waals surface area (Å²) in [5.74, 6) is 0.952. The molecular weight excluding hydrogens is 286 g/mol. The van der Waals surface area contributed by atoms with Gasteiger partial charge in [-0.15, -0.1) is 11.8 Å². The van der Waals surface area contributed by atoms with Crippen LogP contribution < -0.4 is 5.73 Å². The lowest BCUT2D eigenvalue weighted by Gasteiger charge is -2.13. The second kappa shape index (κ2) is 7.16. The van der Waals surface area contributed by atoms with Crippen molar-refractivity contribution in [2.24, 2.45) is 5.73 Å². The number of thioether (sulfide) groups is 1. The third-order valence-corrected chi connectivity index (χ3v) is 4.60. The summed E-state index contributed by atoms with van der Waals surface area (Å²) in [6, 6.07) is 14.8. The minimum absolute atomic E-state index is 0.119. The average Bonchev–Trinajstić information content (AvgIpc) is 2.39. The molecule has 2 aromatic rings. The third-order valence-electron chi connectivity index (χ3n) is 3.08. The first-order valence-electron chi connectivity index (χ1n) is 6.77. The highest BCUT2D eigenvalue weighted by molar-refractivity contribution is 7.98. The van der Waals surface area contributed by atoms with Crippen LogP contribution in [0.15, 0.2) is 47.4 Å². The van der Waals surface area contributed by atoms with Gasteiger partial charge in [0, 0.05) is 21.7 Å². The van der Waals surface area contributed by atoms with E-state index in [2.05, 4.69) is 37.3 Å². The Bertz CT molecular complexity index is 581. The Labute approximate surface area is 130 Å². The molecule has 2 rings (SSSR count). The molecule has 0 amide bonds. The molecule has 0 fully saturated rings. The van der Waals surface area contributed by atoms with Crippen LogP contribution in [0.5, 0.6) is 0 Å². The van der Waals surface area contributed by atoms with Crippen LogP contribution in [-0.2, 0) is 12.2 Å². The van der Waals surface area contributed by atoms with Gasteiger partial charge in [-0.3, -0.25) is 0 Å². The molecule has 0 aliphatic heterocycles. The van der Waals surface area contributed by atoms with Crippen LogP contribution in [0.4, 0.5) is 0 Å². The van der Waals surface area contributed by atoms with Crippen molar-refractivity contribution in [3.05, 3.63) is 64.2 Å². The molecule has 0 aliphatic rings. The molecule has 0 bridgehead atoms. The van der Waals surface area contributed by atoms with Crippen molar-refractivity contribution in [1.82, 2.24) is 0 Å². The summed E-state index contributed by atoms with van der Waals surface area (Å²) in [7, 11) is 0. The maximum atomic E-state index is 6.31. The number of benzene rings is 2. The van der Waals surface area contributed by atoms with Gasteiger partial charge in [-0.1, -0.05) is 47.5 Å². The molecule has 0 aliphatic carbocycles. The van der Waals surface area contributed by atoms with Crippen LogP contribution in [0.2, 0.25) is 5.02 Å². The summed E-state index contributed by atoms with van der Waals surface area (Å²) in [4.78, 5) is 1.23. The Kier molecular flexibility index (Phi) is 5.53. The van der Waals surface area contributed by atoms with Crippen molar-refractivity contribution >= 4 is 23.4 Å². The van der Waals surface area contributed by atoms with Crippen LogP contribution in [0.1, 0.15) is 23.6 Å². The van der Waals surface area contributed by atoms with Gasteiger partial charge in [0.05, 0.1) is 0 Å². The highest BCUT2D eigenvalue weighted by atomic mass is 35.5. The van der Waals surface area contributed by atoms with Gasteiger partial charge in [-0.2, -0.15) is 0 Å².